The summed E-state index contributed by atoms with van der Waals surface area (Å²) in [6.45, 7) is 5.57. The fourth-order valence-electron chi connectivity index (χ4n) is 4.01. The monoisotopic (exact) mass is 402 g/mol. The summed E-state index contributed by atoms with van der Waals surface area (Å²) in [6, 6.07) is 0.139. The minimum absolute atomic E-state index is 0.139. The summed E-state index contributed by atoms with van der Waals surface area (Å²) in [6.07, 6.45) is 5.32. The molecular weight excluding hydrogens is 375 g/mol. The molecule has 4 heterocycles. The number of aromatic nitrogens is 3. The molecule has 3 N–H and O–H groups in total. The summed E-state index contributed by atoms with van der Waals surface area (Å²) in [5.74, 6) is -0.525. The van der Waals surface area contributed by atoms with Crippen LogP contribution in [0.4, 0.5) is 10.2 Å². The summed E-state index contributed by atoms with van der Waals surface area (Å²) in [5, 5.41) is 20.4. The second-order valence-corrected chi connectivity index (χ2v) is 8.48. The van der Waals surface area contributed by atoms with E-state index in [9.17, 15) is 9.90 Å². The maximum Gasteiger partial charge on any atom is 0.254 e. The van der Waals surface area contributed by atoms with E-state index < -0.39 is 11.4 Å². The molecule has 2 aliphatic rings. The lowest BCUT2D eigenvalue weighted by Crippen LogP contribution is -2.45. The maximum atomic E-state index is 15.3. The molecule has 9 heteroatoms. The van der Waals surface area contributed by atoms with Crippen LogP contribution in [0.2, 0.25) is 0 Å². The van der Waals surface area contributed by atoms with Crippen molar-refractivity contribution in [3.8, 4) is 11.3 Å². The number of carbonyl (C=O) groups excluding carboxylic acids is 1. The molecular formula is C20H27FN6O2. The van der Waals surface area contributed by atoms with Crippen LogP contribution >= 0.6 is 0 Å². The Balaban J connectivity index is 1.77. The summed E-state index contributed by atoms with van der Waals surface area (Å²) >= 11 is 0. The highest BCUT2D eigenvalue weighted by molar-refractivity contribution is 6.04. The van der Waals surface area contributed by atoms with Gasteiger partial charge in [-0.1, -0.05) is 0 Å². The fraction of sp³-hybridized carbons (Fsp3) is 0.550. The number of carbonyl (C=O) groups is 1. The third-order valence-electron chi connectivity index (χ3n) is 5.48. The van der Waals surface area contributed by atoms with Crippen LogP contribution in [0.5, 0.6) is 0 Å². The predicted octanol–water partition coefficient (Wildman–Crippen LogP) is 1.29. The number of hydrogen-bond acceptors (Lipinski definition) is 6. The molecule has 1 atom stereocenters. The summed E-state index contributed by atoms with van der Waals surface area (Å²) in [4.78, 5) is 18.9. The quantitative estimate of drug-likeness (QED) is 0.698. The van der Waals surface area contributed by atoms with Crippen molar-refractivity contribution in [2.75, 3.05) is 25.0 Å². The van der Waals surface area contributed by atoms with Crippen molar-refractivity contribution in [3.05, 3.63) is 29.3 Å². The largest absolute Gasteiger partial charge is 0.389 e. The lowest BCUT2D eigenvalue weighted by molar-refractivity contribution is 0.0577. The van der Waals surface area contributed by atoms with Crippen LogP contribution in [-0.4, -0.2) is 57.6 Å². The highest BCUT2D eigenvalue weighted by Gasteiger charge is 2.33. The van der Waals surface area contributed by atoms with E-state index in [1.807, 2.05) is 11.9 Å². The van der Waals surface area contributed by atoms with Gasteiger partial charge in [0.1, 0.15) is 0 Å². The number of nitrogens with zero attached hydrogens (tertiary/aromatic N) is 4. The van der Waals surface area contributed by atoms with Crippen LogP contribution in [0.25, 0.3) is 11.3 Å². The van der Waals surface area contributed by atoms with Gasteiger partial charge in [0.05, 0.1) is 29.6 Å². The molecule has 29 heavy (non-hydrogen) atoms. The van der Waals surface area contributed by atoms with E-state index in [-0.39, 0.29) is 29.9 Å². The summed E-state index contributed by atoms with van der Waals surface area (Å²) < 4.78 is 16.9. The molecule has 4 rings (SSSR count). The normalized spacial score (nSPS) is 19.2. The Hall–Kier alpha value is -2.52. The maximum absolute atomic E-state index is 15.3. The van der Waals surface area contributed by atoms with Crippen molar-refractivity contribution in [3.63, 3.8) is 0 Å². The van der Waals surface area contributed by atoms with E-state index >= 15 is 4.39 Å². The van der Waals surface area contributed by atoms with Gasteiger partial charge in [0, 0.05) is 43.5 Å². The number of halogens is 1. The molecule has 1 fully saturated rings. The van der Waals surface area contributed by atoms with Crippen molar-refractivity contribution in [2.45, 2.75) is 51.4 Å². The Kier molecular flexibility index (Phi) is 5.04. The van der Waals surface area contributed by atoms with E-state index in [0.717, 1.165) is 25.9 Å². The predicted molar refractivity (Wildman–Crippen MR) is 107 cm³/mol. The van der Waals surface area contributed by atoms with E-state index in [2.05, 4.69) is 20.7 Å². The van der Waals surface area contributed by atoms with Crippen LogP contribution in [0.3, 0.4) is 0 Å². The zero-order valence-corrected chi connectivity index (χ0v) is 17.0. The third kappa shape index (κ3) is 3.84. The molecule has 0 bridgehead atoms. The van der Waals surface area contributed by atoms with Gasteiger partial charge in [0.2, 0.25) is 0 Å². The molecule has 1 saturated heterocycles. The van der Waals surface area contributed by atoms with Crippen LogP contribution in [-0.2, 0) is 13.1 Å². The van der Waals surface area contributed by atoms with E-state index in [1.165, 1.54) is 0 Å². The fourth-order valence-corrected chi connectivity index (χ4v) is 4.01. The molecule has 2 aromatic heterocycles. The number of hydrogen-bond donors (Lipinski definition) is 3. The molecule has 1 amide bonds. The van der Waals surface area contributed by atoms with Crippen molar-refractivity contribution in [1.82, 2.24) is 25.4 Å². The van der Waals surface area contributed by atoms with Gasteiger partial charge in [-0.25, -0.2) is 9.37 Å². The molecule has 8 nitrogen and oxygen atoms in total. The first-order chi connectivity index (χ1) is 13.7. The van der Waals surface area contributed by atoms with E-state index in [1.54, 1.807) is 30.9 Å². The van der Waals surface area contributed by atoms with Crippen LogP contribution < -0.4 is 15.5 Å². The van der Waals surface area contributed by atoms with Gasteiger partial charge in [-0.15, -0.1) is 0 Å². The molecule has 0 radical (unpaired) electrons. The average molecular weight is 402 g/mol. The third-order valence-corrected chi connectivity index (χ3v) is 5.48. The molecule has 156 valence electrons. The van der Waals surface area contributed by atoms with Crippen molar-refractivity contribution >= 4 is 11.7 Å². The number of fused-ring (bicyclic) bond motifs is 1. The summed E-state index contributed by atoms with van der Waals surface area (Å²) in [5.41, 5.74) is 0.728. The number of amides is 1. The minimum atomic E-state index is -0.932. The second-order valence-electron chi connectivity index (χ2n) is 8.48. The van der Waals surface area contributed by atoms with Gasteiger partial charge in [0.15, 0.2) is 11.6 Å². The Labute approximate surface area is 169 Å². The topological polar surface area (TPSA) is 95.3 Å². The Morgan fingerprint density at radius 2 is 2.24 bits per heavy atom. The smallest absolute Gasteiger partial charge is 0.254 e. The molecule has 0 aromatic carbocycles. The molecule has 0 saturated carbocycles. The lowest BCUT2D eigenvalue weighted by Gasteiger charge is -2.33. The molecule has 2 aliphatic heterocycles. The summed E-state index contributed by atoms with van der Waals surface area (Å²) in [7, 11) is 1.85. The number of anilines is 1. The Morgan fingerprint density at radius 1 is 1.45 bits per heavy atom. The number of likely N-dealkylation sites (N-methyl/N-ethyl adjacent to an activating group) is 1. The van der Waals surface area contributed by atoms with Gasteiger partial charge in [-0.05, 0) is 33.2 Å². The van der Waals surface area contributed by atoms with Gasteiger partial charge >= 0.3 is 0 Å². The average Bonchev–Trinajstić information content (AvgIpc) is 3.28. The standard InChI is InChI=1S/C20H27FN6O2/c1-20(2,29)11-27-10-12(7-24-27)17-15-14(9-23-19(15)28)16(21)18(25-17)26(3)13-5-4-6-22-8-13/h7,10,13,22,29H,4-6,8-9,11H2,1-3H3,(H,23,28). The zero-order valence-electron chi connectivity index (χ0n) is 17.0. The van der Waals surface area contributed by atoms with E-state index in [0.29, 0.717) is 23.4 Å². The molecule has 2 aromatic rings. The van der Waals surface area contributed by atoms with Gasteiger partial charge in [0.25, 0.3) is 5.91 Å². The lowest BCUT2D eigenvalue weighted by atomic mass is 10.0. The molecule has 0 spiro atoms. The number of nitrogens with one attached hydrogen (secondary N) is 2. The Morgan fingerprint density at radius 3 is 2.93 bits per heavy atom. The number of aliphatic hydroxyl groups is 1. The minimum Gasteiger partial charge on any atom is -0.389 e. The highest BCUT2D eigenvalue weighted by Crippen LogP contribution is 2.34. The second kappa shape index (κ2) is 7.38. The van der Waals surface area contributed by atoms with Crippen LogP contribution in [0.15, 0.2) is 12.4 Å². The first kappa shape index (κ1) is 19.8. The van der Waals surface area contributed by atoms with Crippen LogP contribution in [0, 0.1) is 5.82 Å². The van der Waals surface area contributed by atoms with Crippen LogP contribution in [0.1, 0.15) is 42.6 Å². The Bertz CT molecular complexity index is 930. The first-order valence-electron chi connectivity index (χ1n) is 9.94. The van der Waals surface area contributed by atoms with Gasteiger partial charge in [-0.2, -0.15) is 5.10 Å². The highest BCUT2D eigenvalue weighted by atomic mass is 19.1. The van der Waals surface area contributed by atoms with Gasteiger partial charge in [-0.3, -0.25) is 9.48 Å². The zero-order chi connectivity index (χ0) is 20.8. The van der Waals surface area contributed by atoms with Gasteiger partial charge < -0.3 is 20.6 Å². The number of pyridine rings is 1. The van der Waals surface area contributed by atoms with Crippen molar-refractivity contribution in [2.24, 2.45) is 0 Å². The van der Waals surface area contributed by atoms with Crippen molar-refractivity contribution < 1.29 is 14.3 Å². The SMILES string of the molecule is CN(c1nc(-c2cnn(CC(C)(C)O)c2)c2c(c1F)CNC2=O)C1CCCNC1. The van der Waals surface area contributed by atoms with Crippen molar-refractivity contribution in [1.29, 1.82) is 0 Å². The van der Waals surface area contributed by atoms with E-state index in [4.69, 9.17) is 0 Å². The first-order valence-corrected chi connectivity index (χ1v) is 9.94. The number of rotatable bonds is 5. The number of piperidine rings is 1. The molecule has 0 aliphatic carbocycles. The molecule has 1 unspecified atom stereocenters.